The standard InChI is InChI=1S/C49H30N2O.C3H6/c1-2-12-33-30(11-1)27-40-34(16-9-17-35(33)40)31-23-25-46-41(28-31)38-15-5-8-21-45(38)51(46)47-22-10-18-39-42-29-32(24-26-48(42)52-49(39)47)50-43-19-6-3-13-36(43)37-14-4-7-20-44(37)50;1-3-2/h1-26,28-29H,27H2;3H,1H2,2H3. The molecule has 0 spiro atoms. The van der Waals surface area contributed by atoms with E-state index in [1.807, 2.05) is 6.92 Å². The maximum Gasteiger partial charge on any atom is 0.159 e. The zero-order chi connectivity index (χ0) is 36.6. The molecule has 0 N–H and O–H groups in total. The summed E-state index contributed by atoms with van der Waals surface area (Å²) in [6.07, 6.45) is 2.72. The molecule has 3 aromatic heterocycles. The van der Waals surface area contributed by atoms with Crippen LogP contribution in [0.3, 0.4) is 0 Å². The van der Waals surface area contributed by atoms with E-state index in [1.165, 1.54) is 77.0 Å². The van der Waals surface area contributed by atoms with Gasteiger partial charge in [0.05, 0.1) is 27.8 Å². The maximum atomic E-state index is 6.80. The first-order valence-electron chi connectivity index (χ1n) is 19.0. The van der Waals surface area contributed by atoms with Crippen LogP contribution in [0, 0.1) is 0 Å². The summed E-state index contributed by atoms with van der Waals surface area (Å²) in [7, 11) is 0. The Hall–Kier alpha value is -7.10. The van der Waals surface area contributed by atoms with E-state index in [9.17, 15) is 0 Å². The smallest absolute Gasteiger partial charge is 0.159 e. The Balaban J connectivity index is 0.00000114. The van der Waals surface area contributed by atoms with Crippen molar-refractivity contribution in [2.24, 2.45) is 0 Å². The zero-order valence-corrected chi connectivity index (χ0v) is 30.5. The van der Waals surface area contributed by atoms with Gasteiger partial charge in [-0.15, -0.1) is 6.58 Å². The molecule has 0 amide bonds. The Kier molecular flexibility index (Phi) is 6.99. The molecule has 0 aliphatic heterocycles. The molecule has 0 fully saturated rings. The van der Waals surface area contributed by atoms with Crippen LogP contribution in [-0.2, 0) is 6.42 Å². The molecule has 8 aromatic carbocycles. The average Bonchev–Trinajstić information content (AvgIpc) is 3.98. The van der Waals surface area contributed by atoms with Crippen molar-refractivity contribution in [3.05, 3.63) is 194 Å². The second-order valence-corrected chi connectivity index (χ2v) is 14.5. The lowest BCUT2D eigenvalue weighted by Gasteiger charge is -2.11. The molecule has 260 valence electrons. The van der Waals surface area contributed by atoms with Crippen molar-refractivity contribution in [3.8, 4) is 33.6 Å². The zero-order valence-electron chi connectivity index (χ0n) is 30.5. The largest absolute Gasteiger partial charge is 0.454 e. The van der Waals surface area contributed by atoms with E-state index in [4.69, 9.17) is 4.42 Å². The van der Waals surface area contributed by atoms with E-state index < -0.39 is 0 Å². The summed E-state index contributed by atoms with van der Waals surface area (Å²) >= 11 is 0. The fourth-order valence-electron chi connectivity index (χ4n) is 9.12. The Morgan fingerprint density at radius 3 is 1.84 bits per heavy atom. The molecule has 1 aliphatic carbocycles. The number of hydrogen-bond acceptors (Lipinski definition) is 1. The van der Waals surface area contributed by atoms with Crippen molar-refractivity contribution in [1.82, 2.24) is 9.13 Å². The SMILES string of the molecule is C=CC.c1ccc2c(c1)Cc1c(-c3ccc4c(c3)c3ccccc3n4-c3cccc4c3oc3ccc(-n5c6ccccc6c6ccccc65)cc34)cccc1-2. The monoisotopic (exact) mass is 704 g/mol. The average molecular weight is 705 g/mol. The van der Waals surface area contributed by atoms with Gasteiger partial charge in [-0.25, -0.2) is 0 Å². The molecule has 11 aromatic rings. The fraction of sp³-hybridized carbons (Fsp3) is 0.0385. The first kappa shape index (κ1) is 31.4. The second-order valence-electron chi connectivity index (χ2n) is 14.5. The predicted octanol–water partition coefficient (Wildman–Crippen LogP) is 14.2. The summed E-state index contributed by atoms with van der Waals surface area (Å²) in [5, 5.41) is 7.21. The van der Waals surface area contributed by atoms with Crippen molar-refractivity contribution in [2.45, 2.75) is 13.3 Å². The van der Waals surface area contributed by atoms with Gasteiger partial charge < -0.3 is 13.6 Å². The van der Waals surface area contributed by atoms with E-state index >= 15 is 0 Å². The summed E-state index contributed by atoms with van der Waals surface area (Å²) in [6, 6.07) is 61.8. The molecule has 0 unspecified atom stereocenters. The quantitative estimate of drug-likeness (QED) is 0.168. The molecule has 0 saturated heterocycles. The molecule has 3 heteroatoms. The van der Waals surface area contributed by atoms with E-state index in [0.717, 1.165) is 39.7 Å². The van der Waals surface area contributed by atoms with Crippen LogP contribution in [0.25, 0.3) is 99.2 Å². The van der Waals surface area contributed by atoms with Gasteiger partial charge in [-0.1, -0.05) is 121 Å². The second kappa shape index (κ2) is 12.2. The maximum absolute atomic E-state index is 6.80. The first-order valence-corrected chi connectivity index (χ1v) is 19.0. The highest BCUT2D eigenvalue weighted by atomic mass is 16.3. The van der Waals surface area contributed by atoms with Crippen LogP contribution >= 0.6 is 0 Å². The van der Waals surface area contributed by atoms with Gasteiger partial charge in [-0.3, -0.25) is 0 Å². The predicted molar refractivity (Wildman–Crippen MR) is 232 cm³/mol. The Bertz CT molecular complexity index is 3280. The number of hydrogen-bond donors (Lipinski definition) is 0. The van der Waals surface area contributed by atoms with Crippen LogP contribution in [0.1, 0.15) is 18.1 Å². The summed E-state index contributed by atoms with van der Waals surface area (Å²) in [4.78, 5) is 0. The lowest BCUT2D eigenvalue weighted by atomic mass is 9.94. The van der Waals surface area contributed by atoms with Crippen LogP contribution < -0.4 is 0 Å². The third-order valence-corrected chi connectivity index (χ3v) is 11.4. The third kappa shape index (κ3) is 4.63. The summed E-state index contributed by atoms with van der Waals surface area (Å²) in [5.74, 6) is 0. The van der Waals surface area contributed by atoms with Crippen LogP contribution in [0.5, 0.6) is 0 Å². The number of nitrogens with zero attached hydrogens (tertiary/aromatic N) is 2. The highest BCUT2D eigenvalue weighted by Crippen LogP contribution is 2.44. The lowest BCUT2D eigenvalue weighted by Crippen LogP contribution is -1.94. The molecule has 0 saturated carbocycles. The minimum absolute atomic E-state index is 0.883. The van der Waals surface area contributed by atoms with Crippen LogP contribution in [0.15, 0.2) is 187 Å². The summed E-state index contributed by atoms with van der Waals surface area (Å²) in [5.41, 5.74) is 16.8. The van der Waals surface area contributed by atoms with Gasteiger partial charge in [0.2, 0.25) is 0 Å². The van der Waals surface area contributed by atoms with Crippen LogP contribution in [-0.4, -0.2) is 9.13 Å². The molecule has 12 rings (SSSR count). The number of rotatable bonds is 3. The van der Waals surface area contributed by atoms with Crippen molar-refractivity contribution in [3.63, 3.8) is 0 Å². The highest BCUT2D eigenvalue weighted by molar-refractivity contribution is 6.14. The van der Waals surface area contributed by atoms with E-state index in [2.05, 4.69) is 186 Å². The molecular weight excluding hydrogens is 669 g/mol. The third-order valence-electron chi connectivity index (χ3n) is 11.4. The lowest BCUT2D eigenvalue weighted by molar-refractivity contribution is 0.666. The minimum atomic E-state index is 0.883. The minimum Gasteiger partial charge on any atom is -0.454 e. The number of allylic oxidation sites excluding steroid dienone is 1. The van der Waals surface area contributed by atoms with Gasteiger partial charge in [-0.05, 0) is 101 Å². The normalized spacial score (nSPS) is 12.1. The van der Waals surface area contributed by atoms with Gasteiger partial charge in [0.1, 0.15) is 5.58 Å². The van der Waals surface area contributed by atoms with Crippen LogP contribution in [0.2, 0.25) is 0 Å². The Morgan fingerprint density at radius 1 is 0.491 bits per heavy atom. The Morgan fingerprint density at radius 2 is 1.07 bits per heavy atom. The molecular formula is C52H36N2O. The van der Waals surface area contributed by atoms with Crippen molar-refractivity contribution in [1.29, 1.82) is 0 Å². The van der Waals surface area contributed by atoms with Gasteiger partial charge in [0.15, 0.2) is 5.58 Å². The van der Waals surface area contributed by atoms with Gasteiger partial charge in [0, 0.05) is 38.0 Å². The number of fused-ring (bicyclic) bond motifs is 12. The van der Waals surface area contributed by atoms with Gasteiger partial charge in [-0.2, -0.15) is 0 Å². The summed E-state index contributed by atoms with van der Waals surface area (Å²) in [6.45, 7) is 5.25. The van der Waals surface area contributed by atoms with E-state index in [0.29, 0.717) is 0 Å². The molecule has 1 aliphatic rings. The topological polar surface area (TPSA) is 23.0 Å². The number of furan rings is 1. The van der Waals surface area contributed by atoms with Crippen molar-refractivity contribution < 1.29 is 4.42 Å². The number of benzene rings is 8. The van der Waals surface area contributed by atoms with E-state index in [1.54, 1.807) is 6.08 Å². The summed E-state index contributed by atoms with van der Waals surface area (Å²) < 4.78 is 11.6. The highest BCUT2D eigenvalue weighted by Gasteiger charge is 2.23. The molecule has 0 bridgehead atoms. The van der Waals surface area contributed by atoms with E-state index in [-0.39, 0.29) is 0 Å². The number of para-hydroxylation sites is 4. The van der Waals surface area contributed by atoms with Crippen molar-refractivity contribution >= 4 is 65.6 Å². The Labute approximate surface area is 318 Å². The molecule has 3 nitrogen and oxygen atoms in total. The number of aromatic nitrogens is 2. The molecule has 3 heterocycles. The molecule has 55 heavy (non-hydrogen) atoms. The van der Waals surface area contributed by atoms with Gasteiger partial charge >= 0.3 is 0 Å². The first-order chi connectivity index (χ1) is 27.2. The van der Waals surface area contributed by atoms with Crippen molar-refractivity contribution in [2.75, 3.05) is 0 Å². The van der Waals surface area contributed by atoms with Crippen LogP contribution in [0.4, 0.5) is 0 Å². The van der Waals surface area contributed by atoms with Gasteiger partial charge in [0.25, 0.3) is 0 Å². The molecule has 0 radical (unpaired) electrons. The molecule has 0 atom stereocenters. The fourth-order valence-corrected chi connectivity index (χ4v) is 9.12.